The fourth-order valence-electron chi connectivity index (χ4n) is 12.5. The van der Waals surface area contributed by atoms with Crippen molar-refractivity contribution in [3.8, 4) is 0 Å². The van der Waals surface area contributed by atoms with Gasteiger partial charge in [0.1, 0.15) is 0 Å². The van der Waals surface area contributed by atoms with Crippen LogP contribution in [0.15, 0.2) is 0 Å². The van der Waals surface area contributed by atoms with Crippen LogP contribution in [0.2, 0.25) is 0 Å². The number of rotatable bonds is 3. The molecule has 0 aromatic heterocycles. The van der Waals surface area contributed by atoms with E-state index in [1.807, 2.05) is 13.8 Å². The van der Waals surface area contributed by atoms with Crippen LogP contribution in [0.1, 0.15) is 106 Å². The van der Waals surface area contributed by atoms with Gasteiger partial charge in [0, 0.05) is 0 Å². The first-order valence-corrected chi connectivity index (χ1v) is 20.7. The zero-order valence-corrected chi connectivity index (χ0v) is 28.6. The Kier molecular flexibility index (Phi) is 6.24. The van der Waals surface area contributed by atoms with Crippen LogP contribution in [0.25, 0.3) is 0 Å². The second kappa shape index (κ2) is 8.85. The molecule has 8 fully saturated rings. The molecule has 41 heavy (non-hydrogen) atoms. The molecule has 6 nitrogen and oxygen atoms in total. The van der Waals surface area contributed by atoms with Crippen LogP contribution in [0.3, 0.4) is 0 Å². The molecule has 5 heterocycles. The maximum atomic E-state index is 11.0. The SMILES string of the molecule is C[C@@H]1C23CC[C@H](OC4C[C@@H](O)[C@@H](C)CO4)C(C)(C)C2CCI2C4CC56O[C@H](CCC5[C@@]4(C)CC[C@]123)[C@@H](C(C)(C)O)O6. The van der Waals surface area contributed by atoms with Gasteiger partial charge in [-0.1, -0.05) is 0 Å². The predicted molar refractivity (Wildman–Crippen MR) is 166 cm³/mol. The van der Waals surface area contributed by atoms with E-state index in [0.717, 1.165) is 29.1 Å². The van der Waals surface area contributed by atoms with E-state index in [4.69, 9.17) is 18.9 Å². The van der Waals surface area contributed by atoms with Crippen molar-refractivity contribution < 1.29 is 29.2 Å². The topological polar surface area (TPSA) is 77.4 Å². The number of aliphatic hydroxyl groups excluding tert-OH is 1. The summed E-state index contributed by atoms with van der Waals surface area (Å²) in [4.78, 5) is 0. The number of hydrogen-bond donors (Lipinski definition) is 2. The van der Waals surface area contributed by atoms with Crippen LogP contribution in [0.4, 0.5) is 0 Å². The molecule has 5 saturated heterocycles. The van der Waals surface area contributed by atoms with Crippen molar-refractivity contribution in [3.63, 3.8) is 0 Å². The summed E-state index contributed by atoms with van der Waals surface area (Å²) in [6, 6.07) is 0. The third-order valence-corrected chi connectivity index (χ3v) is 25.0. The molecular weight excluding hydrogens is 631 g/mol. The van der Waals surface area contributed by atoms with E-state index in [2.05, 4.69) is 34.6 Å². The summed E-state index contributed by atoms with van der Waals surface area (Å²) >= 11 is -1.38. The van der Waals surface area contributed by atoms with Gasteiger partial charge in [-0.05, 0) is 0 Å². The molecule has 2 N–H and O–H groups in total. The van der Waals surface area contributed by atoms with Crippen LogP contribution in [-0.4, -0.2) is 70.7 Å². The van der Waals surface area contributed by atoms with Crippen LogP contribution in [-0.2, 0) is 18.9 Å². The van der Waals surface area contributed by atoms with Gasteiger partial charge in [-0.25, -0.2) is 0 Å². The molecule has 7 heteroatoms. The van der Waals surface area contributed by atoms with E-state index in [1.54, 1.807) is 0 Å². The molecule has 14 atom stereocenters. The van der Waals surface area contributed by atoms with Gasteiger partial charge in [-0.2, -0.15) is 0 Å². The van der Waals surface area contributed by atoms with Crippen LogP contribution in [0.5, 0.6) is 0 Å². The Hall–Kier alpha value is 0.490. The van der Waals surface area contributed by atoms with Crippen molar-refractivity contribution >= 4 is 19.8 Å². The normalized spacial score (nSPS) is 59.5. The van der Waals surface area contributed by atoms with E-state index in [0.29, 0.717) is 39.1 Å². The van der Waals surface area contributed by atoms with Gasteiger partial charge < -0.3 is 0 Å². The number of hydrogen-bond acceptors (Lipinski definition) is 6. The molecule has 0 amide bonds. The molecule has 0 radical (unpaired) electrons. The predicted octanol–water partition coefficient (Wildman–Crippen LogP) is 6.07. The summed E-state index contributed by atoms with van der Waals surface area (Å²) in [5.74, 6) is 1.75. The fourth-order valence-corrected chi connectivity index (χ4v) is 25.4. The average molecular weight is 687 g/mol. The van der Waals surface area contributed by atoms with E-state index < -0.39 is 31.2 Å². The van der Waals surface area contributed by atoms with Crippen molar-refractivity contribution in [2.24, 2.45) is 39.9 Å². The van der Waals surface area contributed by atoms with Gasteiger partial charge in [0.05, 0.1) is 0 Å². The second-order valence-electron chi connectivity index (χ2n) is 17.0. The Morgan fingerprint density at radius 3 is 2.46 bits per heavy atom. The summed E-state index contributed by atoms with van der Waals surface area (Å²) in [6.07, 6.45) is 9.91. The average Bonchev–Trinajstić information content (AvgIpc) is 3.14. The van der Waals surface area contributed by atoms with Gasteiger partial charge in [-0.3, -0.25) is 0 Å². The Morgan fingerprint density at radius 1 is 0.951 bits per heavy atom. The van der Waals surface area contributed by atoms with E-state index in [1.165, 1.54) is 36.5 Å². The number of aliphatic hydroxyl groups is 2. The van der Waals surface area contributed by atoms with Gasteiger partial charge >= 0.3 is 256 Å². The Balaban J connectivity index is 1.06. The van der Waals surface area contributed by atoms with Crippen molar-refractivity contribution in [3.05, 3.63) is 0 Å². The summed E-state index contributed by atoms with van der Waals surface area (Å²) in [7, 11) is 0. The first kappa shape index (κ1) is 28.9. The molecule has 5 aliphatic heterocycles. The van der Waals surface area contributed by atoms with Crippen LogP contribution in [0, 0.1) is 39.9 Å². The zero-order valence-electron chi connectivity index (χ0n) is 26.5. The summed E-state index contributed by atoms with van der Waals surface area (Å²) in [5, 5.41) is 21.5. The number of alkyl halides is 3. The van der Waals surface area contributed by atoms with E-state index in [-0.39, 0.29) is 42.0 Å². The number of fused-ring (bicyclic) bond motifs is 4. The minimum absolute atomic E-state index is 0.0447. The maximum absolute atomic E-state index is 11.0. The van der Waals surface area contributed by atoms with Crippen LogP contribution >= 0.6 is 19.8 Å². The van der Waals surface area contributed by atoms with Gasteiger partial charge in [-0.15, -0.1) is 0 Å². The molecule has 0 aromatic rings. The van der Waals surface area contributed by atoms with Gasteiger partial charge in [0.15, 0.2) is 0 Å². The summed E-state index contributed by atoms with van der Waals surface area (Å²) in [6.45, 7) is 16.7. The van der Waals surface area contributed by atoms with Crippen molar-refractivity contribution in [2.45, 2.75) is 156 Å². The molecule has 2 bridgehead atoms. The first-order chi connectivity index (χ1) is 19.2. The molecule has 3 aliphatic carbocycles. The minimum atomic E-state index is -1.38. The first-order valence-electron chi connectivity index (χ1n) is 16.9. The van der Waals surface area contributed by atoms with Gasteiger partial charge in [0.25, 0.3) is 0 Å². The molecule has 3 spiro atoms. The Morgan fingerprint density at radius 2 is 1.73 bits per heavy atom. The van der Waals surface area contributed by atoms with Crippen molar-refractivity contribution in [1.82, 2.24) is 0 Å². The second-order valence-corrected chi connectivity index (χ2v) is 23.8. The standard InChI is InChI=1S/C34H55IO6/c1-19-18-38-27(16-21(19)36)39-26-10-12-32-20(2)33(32)14-13-31(7)24-9-8-22-28(30(5,6)37)41-34(24,40-22)17-25(31)35(33)15-11-23(32)29(26,3)4/h19-28,36-37H,8-18H2,1-7H3/t19-,20+,21+,22+,23?,24?,25?,26-,27?,28-,31+,32?,33+,34?/m0/s1. The number of ether oxygens (including phenoxy) is 4. The molecule has 234 valence electrons. The Labute approximate surface area is 254 Å². The molecule has 8 aliphatic rings. The number of halogens is 1. The van der Waals surface area contributed by atoms with E-state index in [9.17, 15) is 10.2 Å². The summed E-state index contributed by atoms with van der Waals surface area (Å²) in [5.41, 5.74) is 0.0705. The molecular formula is C34H55IO6. The zero-order chi connectivity index (χ0) is 29.0. The van der Waals surface area contributed by atoms with Crippen molar-refractivity contribution in [1.29, 1.82) is 0 Å². The summed E-state index contributed by atoms with van der Waals surface area (Å²) < 4.78 is 29.5. The monoisotopic (exact) mass is 686 g/mol. The third kappa shape index (κ3) is 3.52. The van der Waals surface area contributed by atoms with E-state index >= 15 is 0 Å². The third-order valence-electron chi connectivity index (χ3n) is 14.6. The molecule has 3 saturated carbocycles. The molecule has 6 unspecified atom stereocenters. The van der Waals surface area contributed by atoms with Crippen LogP contribution < -0.4 is 0 Å². The Bertz CT molecular complexity index is 1090. The quantitative estimate of drug-likeness (QED) is 0.278. The molecule has 8 rings (SSSR count). The van der Waals surface area contributed by atoms with Gasteiger partial charge in [0.2, 0.25) is 0 Å². The molecule has 0 aromatic carbocycles. The van der Waals surface area contributed by atoms with Crippen molar-refractivity contribution in [2.75, 3.05) is 11.0 Å². The fraction of sp³-hybridized carbons (Fsp3) is 1.00.